The van der Waals surface area contributed by atoms with Gasteiger partial charge in [-0.1, -0.05) is 23.7 Å². The van der Waals surface area contributed by atoms with Gasteiger partial charge in [-0.25, -0.2) is 9.78 Å². The van der Waals surface area contributed by atoms with Crippen molar-refractivity contribution in [3.8, 4) is 0 Å². The number of esters is 1. The lowest BCUT2D eigenvalue weighted by Gasteiger charge is -2.09. The molecule has 0 spiro atoms. The highest BCUT2D eigenvalue weighted by molar-refractivity contribution is 9.11. The Kier molecular flexibility index (Phi) is 4.25. The Morgan fingerprint density at radius 2 is 2.17 bits per heavy atom. The predicted molar refractivity (Wildman–Crippen MR) is 78.1 cm³/mol. The molecule has 0 radical (unpaired) electrons. The van der Waals surface area contributed by atoms with E-state index in [1.807, 2.05) is 18.2 Å². The van der Waals surface area contributed by atoms with Gasteiger partial charge in [0, 0.05) is 9.86 Å². The van der Waals surface area contributed by atoms with Gasteiger partial charge in [-0.05, 0) is 44.8 Å². The molecule has 18 heavy (non-hydrogen) atoms. The third-order valence-electron chi connectivity index (χ3n) is 2.34. The molecule has 0 amide bonds. The molecule has 94 valence electrons. The summed E-state index contributed by atoms with van der Waals surface area (Å²) in [6.07, 6.45) is 0. The van der Waals surface area contributed by atoms with Crippen molar-refractivity contribution in [2.75, 3.05) is 6.61 Å². The lowest BCUT2D eigenvalue weighted by molar-refractivity contribution is 0.0525. The minimum Gasteiger partial charge on any atom is -0.462 e. The fourth-order valence-electron chi connectivity index (χ4n) is 1.56. The number of hydrogen-bond donors (Lipinski definition) is 0. The first kappa shape index (κ1) is 13.8. The van der Waals surface area contributed by atoms with Crippen LogP contribution < -0.4 is 0 Å². The Balaban J connectivity index is 2.73. The lowest BCUT2D eigenvalue weighted by Crippen LogP contribution is -2.08. The molecular weight excluding hydrogens is 385 g/mol. The maximum Gasteiger partial charge on any atom is 0.342 e. The van der Waals surface area contributed by atoms with Crippen LogP contribution in [0.3, 0.4) is 0 Å². The molecule has 2 aromatic rings. The normalized spacial score (nSPS) is 10.7. The zero-order chi connectivity index (χ0) is 13.3. The van der Waals surface area contributed by atoms with Gasteiger partial charge < -0.3 is 4.74 Å². The molecule has 1 aromatic carbocycles. The third kappa shape index (κ3) is 2.39. The summed E-state index contributed by atoms with van der Waals surface area (Å²) in [7, 11) is 0. The van der Waals surface area contributed by atoms with Gasteiger partial charge in [-0.2, -0.15) is 0 Å². The minimum atomic E-state index is -0.483. The standard InChI is InChI=1S/C12H8Br2ClNO2/c1-2-18-12(17)8-9(15)6-4-3-5-7(13)10(6)16-11(8)14/h3-5H,2H2,1H3. The van der Waals surface area contributed by atoms with Crippen LogP contribution in [-0.4, -0.2) is 17.6 Å². The van der Waals surface area contributed by atoms with E-state index in [0.29, 0.717) is 20.5 Å². The van der Waals surface area contributed by atoms with Gasteiger partial charge in [0.15, 0.2) is 0 Å². The summed E-state index contributed by atoms with van der Waals surface area (Å²) >= 11 is 12.9. The molecule has 0 saturated heterocycles. The number of carbonyl (C=O) groups is 1. The van der Waals surface area contributed by atoms with E-state index < -0.39 is 5.97 Å². The average molecular weight is 393 g/mol. The largest absolute Gasteiger partial charge is 0.462 e. The number of para-hydroxylation sites is 1. The number of carbonyl (C=O) groups excluding carboxylic acids is 1. The van der Waals surface area contributed by atoms with Crippen LogP contribution in [0.2, 0.25) is 5.02 Å². The number of aromatic nitrogens is 1. The van der Waals surface area contributed by atoms with E-state index in [0.717, 1.165) is 4.47 Å². The summed E-state index contributed by atoms with van der Waals surface area (Å²) in [5.41, 5.74) is 0.951. The monoisotopic (exact) mass is 391 g/mol. The van der Waals surface area contributed by atoms with Crippen LogP contribution in [0.15, 0.2) is 27.3 Å². The quantitative estimate of drug-likeness (QED) is 0.553. The van der Waals surface area contributed by atoms with Crippen molar-refractivity contribution in [1.82, 2.24) is 4.98 Å². The molecule has 6 heteroatoms. The van der Waals surface area contributed by atoms with E-state index in [2.05, 4.69) is 36.8 Å². The number of benzene rings is 1. The molecule has 0 aliphatic carbocycles. The summed E-state index contributed by atoms with van der Waals surface area (Å²) in [5.74, 6) is -0.483. The van der Waals surface area contributed by atoms with Crippen molar-refractivity contribution >= 4 is 60.3 Å². The summed E-state index contributed by atoms with van der Waals surface area (Å²) in [4.78, 5) is 16.2. The average Bonchev–Trinajstić information content (AvgIpc) is 2.31. The van der Waals surface area contributed by atoms with E-state index in [-0.39, 0.29) is 12.2 Å². The van der Waals surface area contributed by atoms with Crippen LogP contribution in [-0.2, 0) is 4.74 Å². The van der Waals surface area contributed by atoms with E-state index in [1.54, 1.807) is 6.92 Å². The van der Waals surface area contributed by atoms with Gasteiger partial charge in [0.1, 0.15) is 10.2 Å². The number of fused-ring (bicyclic) bond motifs is 1. The molecule has 1 heterocycles. The molecular formula is C12H8Br2ClNO2. The number of hydrogen-bond acceptors (Lipinski definition) is 3. The van der Waals surface area contributed by atoms with Gasteiger partial charge in [0.05, 0.1) is 17.1 Å². The molecule has 1 aromatic heterocycles. The molecule has 2 rings (SSSR count). The van der Waals surface area contributed by atoms with Crippen molar-refractivity contribution in [2.24, 2.45) is 0 Å². The highest BCUT2D eigenvalue weighted by atomic mass is 79.9. The number of pyridine rings is 1. The van der Waals surface area contributed by atoms with Crippen molar-refractivity contribution < 1.29 is 9.53 Å². The molecule has 0 unspecified atom stereocenters. The van der Waals surface area contributed by atoms with Gasteiger partial charge in [-0.3, -0.25) is 0 Å². The molecule has 0 bridgehead atoms. The zero-order valence-corrected chi connectivity index (χ0v) is 13.3. The predicted octanol–water partition coefficient (Wildman–Crippen LogP) is 4.59. The Morgan fingerprint density at radius 1 is 1.44 bits per heavy atom. The van der Waals surface area contributed by atoms with E-state index >= 15 is 0 Å². The van der Waals surface area contributed by atoms with Crippen molar-refractivity contribution in [3.63, 3.8) is 0 Å². The highest BCUT2D eigenvalue weighted by Crippen LogP contribution is 2.34. The Labute approximate surface area is 126 Å². The lowest BCUT2D eigenvalue weighted by atomic mass is 10.1. The van der Waals surface area contributed by atoms with Crippen LogP contribution in [0.5, 0.6) is 0 Å². The first-order valence-corrected chi connectivity index (χ1v) is 7.13. The molecule has 3 nitrogen and oxygen atoms in total. The van der Waals surface area contributed by atoms with E-state index in [9.17, 15) is 4.79 Å². The topological polar surface area (TPSA) is 39.2 Å². The molecule has 0 N–H and O–H groups in total. The molecule has 0 aliphatic heterocycles. The van der Waals surface area contributed by atoms with Gasteiger partial charge in [0.25, 0.3) is 0 Å². The summed E-state index contributed by atoms with van der Waals surface area (Å²) in [5, 5.41) is 1.05. The van der Waals surface area contributed by atoms with Gasteiger partial charge >= 0.3 is 5.97 Å². The second kappa shape index (κ2) is 5.55. The van der Waals surface area contributed by atoms with E-state index in [1.165, 1.54) is 0 Å². The maximum absolute atomic E-state index is 11.8. The highest BCUT2D eigenvalue weighted by Gasteiger charge is 2.20. The Hall–Kier alpha value is -0.650. The number of halogens is 3. The molecule has 0 atom stereocenters. The van der Waals surface area contributed by atoms with Crippen molar-refractivity contribution in [3.05, 3.63) is 37.9 Å². The summed E-state index contributed by atoms with van der Waals surface area (Å²) < 4.78 is 6.16. The third-order valence-corrected chi connectivity index (χ3v) is 3.94. The zero-order valence-electron chi connectivity index (χ0n) is 9.34. The minimum absolute atomic E-state index is 0.254. The van der Waals surface area contributed by atoms with Crippen LogP contribution in [0.25, 0.3) is 10.9 Å². The molecule has 0 aliphatic rings. The SMILES string of the molecule is CCOC(=O)c1c(Br)nc2c(Br)cccc2c1Cl. The van der Waals surface area contributed by atoms with E-state index in [4.69, 9.17) is 16.3 Å². The second-order valence-corrected chi connectivity index (χ2v) is 5.43. The van der Waals surface area contributed by atoms with Crippen molar-refractivity contribution in [1.29, 1.82) is 0 Å². The van der Waals surface area contributed by atoms with Crippen LogP contribution in [0.4, 0.5) is 0 Å². The fraction of sp³-hybridized carbons (Fsp3) is 0.167. The fourth-order valence-corrected chi connectivity index (χ4v) is 2.99. The molecule has 0 fully saturated rings. The molecule has 0 saturated carbocycles. The summed E-state index contributed by atoms with van der Waals surface area (Å²) in [6.45, 7) is 2.03. The van der Waals surface area contributed by atoms with Crippen LogP contribution in [0, 0.1) is 0 Å². The maximum atomic E-state index is 11.8. The Morgan fingerprint density at radius 3 is 2.83 bits per heavy atom. The van der Waals surface area contributed by atoms with Gasteiger partial charge in [-0.15, -0.1) is 0 Å². The Bertz CT molecular complexity index is 631. The first-order valence-electron chi connectivity index (χ1n) is 5.16. The number of nitrogens with zero attached hydrogens (tertiary/aromatic N) is 1. The number of rotatable bonds is 2. The van der Waals surface area contributed by atoms with Crippen LogP contribution >= 0.6 is 43.5 Å². The van der Waals surface area contributed by atoms with Crippen molar-refractivity contribution in [2.45, 2.75) is 6.92 Å². The van der Waals surface area contributed by atoms with Crippen LogP contribution in [0.1, 0.15) is 17.3 Å². The number of ether oxygens (including phenoxy) is 1. The second-order valence-electron chi connectivity index (χ2n) is 3.45. The smallest absolute Gasteiger partial charge is 0.342 e. The summed E-state index contributed by atoms with van der Waals surface area (Å²) in [6, 6.07) is 5.51. The first-order chi connectivity index (χ1) is 8.56. The van der Waals surface area contributed by atoms with Gasteiger partial charge in [0.2, 0.25) is 0 Å².